The van der Waals surface area contributed by atoms with Gasteiger partial charge in [-0.05, 0) is 43.7 Å². The lowest BCUT2D eigenvalue weighted by Crippen LogP contribution is -2.35. The van der Waals surface area contributed by atoms with Crippen LogP contribution >= 0.6 is 0 Å². The topological polar surface area (TPSA) is 12.0 Å². The second kappa shape index (κ2) is 5.64. The number of rotatable bonds is 6. The zero-order valence-electron chi connectivity index (χ0n) is 10.3. The quantitative estimate of drug-likeness (QED) is 0.669. The molecule has 0 spiro atoms. The normalized spacial score (nSPS) is 12.9. The summed E-state index contributed by atoms with van der Waals surface area (Å²) in [6, 6.07) is 0. The third-order valence-corrected chi connectivity index (χ3v) is 3.80. The summed E-state index contributed by atoms with van der Waals surface area (Å²) in [5.74, 6) is 1.57. The van der Waals surface area contributed by atoms with Crippen LogP contribution in [0.3, 0.4) is 0 Å². The standard InChI is InChI=1S/C12H27N/c1-7-12(10(2)3,11(4)5)8-9-13-6/h10-11,13H,7-9H2,1-6H3. The van der Waals surface area contributed by atoms with Gasteiger partial charge in [-0.15, -0.1) is 0 Å². The van der Waals surface area contributed by atoms with Gasteiger partial charge in [0.2, 0.25) is 0 Å². The van der Waals surface area contributed by atoms with Gasteiger partial charge in [-0.1, -0.05) is 34.6 Å². The second-order valence-corrected chi connectivity index (χ2v) is 4.75. The Bertz CT molecular complexity index is 119. The largest absolute Gasteiger partial charge is 0.320 e. The summed E-state index contributed by atoms with van der Waals surface area (Å²) in [6.45, 7) is 12.9. The first-order chi connectivity index (χ1) is 6.01. The van der Waals surface area contributed by atoms with Crippen molar-refractivity contribution in [2.45, 2.75) is 47.5 Å². The van der Waals surface area contributed by atoms with E-state index in [2.05, 4.69) is 39.9 Å². The van der Waals surface area contributed by atoms with Crippen LogP contribution in [0.2, 0.25) is 0 Å². The molecule has 0 fully saturated rings. The summed E-state index contributed by atoms with van der Waals surface area (Å²) in [5, 5.41) is 3.27. The molecular formula is C12H27N. The molecule has 80 valence electrons. The number of nitrogens with one attached hydrogen (secondary N) is 1. The van der Waals surface area contributed by atoms with E-state index in [4.69, 9.17) is 0 Å². The van der Waals surface area contributed by atoms with Crippen molar-refractivity contribution in [2.24, 2.45) is 17.3 Å². The van der Waals surface area contributed by atoms with Crippen LogP contribution in [0.25, 0.3) is 0 Å². The molecule has 0 bridgehead atoms. The molecule has 1 heteroatoms. The Balaban J connectivity index is 4.45. The molecule has 0 unspecified atom stereocenters. The number of hydrogen-bond donors (Lipinski definition) is 1. The lowest BCUT2D eigenvalue weighted by molar-refractivity contribution is 0.0928. The van der Waals surface area contributed by atoms with E-state index in [1.807, 2.05) is 7.05 Å². The SMILES string of the molecule is CCC(CCNC)(C(C)C)C(C)C. The van der Waals surface area contributed by atoms with Gasteiger partial charge in [-0.2, -0.15) is 0 Å². The third-order valence-electron chi connectivity index (χ3n) is 3.80. The molecule has 13 heavy (non-hydrogen) atoms. The fourth-order valence-electron chi connectivity index (χ4n) is 2.60. The summed E-state index contributed by atoms with van der Waals surface area (Å²) in [5.41, 5.74) is 0.531. The van der Waals surface area contributed by atoms with Gasteiger partial charge >= 0.3 is 0 Å². The van der Waals surface area contributed by atoms with Gasteiger partial charge in [0.1, 0.15) is 0 Å². The van der Waals surface area contributed by atoms with Crippen molar-refractivity contribution in [2.75, 3.05) is 13.6 Å². The van der Waals surface area contributed by atoms with Crippen molar-refractivity contribution < 1.29 is 0 Å². The van der Waals surface area contributed by atoms with Crippen LogP contribution in [0.1, 0.15) is 47.5 Å². The van der Waals surface area contributed by atoms with E-state index in [1.54, 1.807) is 0 Å². The third kappa shape index (κ3) is 2.98. The van der Waals surface area contributed by atoms with Crippen molar-refractivity contribution in [3.8, 4) is 0 Å². The van der Waals surface area contributed by atoms with E-state index in [0.29, 0.717) is 5.41 Å². The van der Waals surface area contributed by atoms with Crippen molar-refractivity contribution in [3.05, 3.63) is 0 Å². The molecule has 0 rings (SSSR count). The predicted molar refractivity (Wildman–Crippen MR) is 60.9 cm³/mol. The van der Waals surface area contributed by atoms with E-state index in [9.17, 15) is 0 Å². The maximum atomic E-state index is 3.27. The van der Waals surface area contributed by atoms with Crippen LogP contribution in [0.15, 0.2) is 0 Å². The van der Waals surface area contributed by atoms with Crippen LogP contribution in [0.4, 0.5) is 0 Å². The minimum atomic E-state index is 0.531. The van der Waals surface area contributed by atoms with Gasteiger partial charge in [0.05, 0.1) is 0 Å². The average molecular weight is 185 g/mol. The highest BCUT2D eigenvalue weighted by Gasteiger charge is 2.34. The minimum Gasteiger partial charge on any atom is -0.320 e. The Morgan fingerprint density at radius 3 is 1.77 bits per heavy atom. The molecule has 0 amide bonds. The summed E-state index contributed by atoms with van der Waals surface area (Å²) in [4.78, 5) is 0. The fraction of sp³-hybridized carbons (Fsp3) is 1.00. The van der Waals surface area contributed by atoms with E-state index >= 15 is 0 Å². The lowest BCUT2D eigenvalue weighted by Gasteiger charge is -2.41. The Labute approximate surface area is 84.3 Å². The molecule has 0 saturated carbocycles. The van der Waals surface area contributed by atoms with Crippen molar-refractivity contribution in [1.82, 2.24) is 5.32 Å². The molecule has 0 radical (unpaired) electrons. The van der Waals surface area contributed by atoms with Crippen LogP contribution in [-0.4, -0.2) is 13.6 Å². The predicted octanol–water partition coefficient (Wildman–Crippen LogP) is 3.30. The highest BCUT2D eigenvalue weighted by Crippen LogP contribution is 2.41. The Morgan fingerprint density at radius 1 is 1.08 bits per heavy atom. The van der Waals surface area contributed by atoms with Crippen LogP contribution in [0.5, 0.6) is 0 Å². The van der Waals surface area contributed by atoms with Gasteiger partial charge in [-0.3, -0.25) is 0 Å². The Hall–Kier alpha value is -0.0400. The van der Waals surface area contributed by atoms with Gasteiger partial charge < -0.3 is 5.32 Å². The first kappa shape index (κ1) is 13.0. The molecule has 0 aliphatic carbocycles. The smallest absolute Gasteiger partial charge is 0.00464 e. The molecule has 0 aromatic rings. The van der Waals surface area contributed by atoms with Crippen LogP contribution < -0.4 is 5.32 Å². The molecule has 0 heterocycles. The summed E-state index contributed by atoms with van der Waals surface area (Å²) >= 11 is 0. The first-order valence-corrected chi connectivity index (χ1v) is 5.65. The fourth-order valence-corrected chi connectivity index (χ4v) is 2.60. The maximum Gasteiger partial charge on any atom is -0.00464 e. The molecule has 0 saturated heterocycles. The van der Waals surface area contributed by atoms with E-state index in [1.165, 1.54) is 12.8 Å². The summed E-state index contributed by atoms with van der Waals surface area (Å²) < 4.78 is 0. The highest BCUT2D eigenvalue weighted by molar-refractivity contribution is 4.84. The Kier molecular flexibility index (Phi) is 5.62. The summed E-state index contributed by atoms with van der Waals surface area (Å²) in [6.07, 6.45) is 2.60. The molecule has 0 aliphatic rings. The first-order valence-electron chi connectivity index (χ1n) is 5.65. The van der Waals surface area contributed by atoms with Gasteiger partial charge in [0.15, 0.2) is 0 Å². The molecule has 0 aromatic carbocycles. The monoisotopic (exact) mass is 185 g/mol. The summed E-state index contributed by atoms with van der Waals surface area (Å²) in [7, 11) is 2.04. The highest BCUT2D eigenvalue weighted by atomic mass is 14.8. The zero-order valence-corrected chi connectivity index (χ0v) is 10.3. The molecule has 0 aliphatic heterocycles. The number of hydrogen-bond acceptors (Lipinski definition) is 1. The van der Waals surface area contributed by atoms with Crippen LogP contribution in [0, 0.1) is 17.3 Å². The average Bonchev–Trinajstić information content (AvgIpc) is 2.05. The van der Waals surface area contributed by atoms with E-state index in [-0.39, 0.29) is 0 Å². The molecule has 0 aromatic heterocycles. The van der Waals surface area contributed by atoms with Crippen molar-refractivity contribution >= 4 is 0 Å². The lowest BCUT2D eigenvalue weighted by atomic mass is 9.65. The van der Waals surface area contributed by atoms with Crippen molar-refractivity contribution in [3.63, 3.8) is 0 Å². The van der Waals surface area contributed by atoms with E-state index < -0.39 is 0 Å². The van der Waals surface area contributed by atoms with Crippen molar-refractivity contribution in [1.29, 1.82) is 0 Å². The molecule has 1 N–H and O–H groups in total. The minimum absolute atomic E-state index is 0.531. The van der Waals surface area contributed by atoms with Gasteiger partial charge in [0, 0.05) is 0 Å². The Morgan fingerprint density at radius 2 is 1.54 bits per heavy atom. The molecule has 0 atom stereocenters. The van der Waals surface area contributed by atoms with Crippen LogP contribution in [-0.2, 0) is 0 Å². The maximum absolute atomic E-state index is 3.27. The zero-order chi connectivity index (χ0) is 10.5. The van der Waals surface area contributed by atoms with Gasteiger partial charge in [0.25, 0.3) is 0 Å². The second-order valence-electron chi connectivity index (χ2n) is 4.75. The molecular weight excluding hydrogens is 158 g/mol. The van der Waals surface area contributed by atoms with E-state index in [0.717, 1.165) is 18.4 Å². The van der Waals surface area contributed by atoms with Gasteiger partial charge in [-0.25, -0.2) is 0 Å². The molecule has 1 nitrogen and oxygen atoms in total.